The zero-order chi connectivity index (χ0) is 15.5. The highest BCUT2D eigenvalue weighted by molar-refractivity contribution is 5.44. The number of ether oxygens (including phenoxy) is 2. The van der Waals surface area contributed by atoms with Gasteiger partial charge in [0.15, 0.2) is 0 Å². The largest absolute Gasteiger partial charge is 0.497 e. The van der Waals surface area contributed by atoms with Gasteiger partial charge in [0, 0.05) is 11.0 Å². The van der Waals surface area contributed by atoms with Crippen LogP contribution >= 0.6 is 0 Å². The lowest BCUT2D eigenvalue weighted by atomic mass is 9.76. The Kier molecular flexibility index (Phi) is 4.53. The van der Waals surface area contributed by atoms with Crippen molar-refractivity contribution in [2.75, 3.05) is 14.2 Å². The van der Waals surface area contributed by atoms with E-state index < -0.39 is 11.5 Å². The molecule has 0 aliphatic rings. The van der Waals surface area contributed by atoms with E-state index in [1.54, 1.807) is 14.2 Å². The Bertz CT molecular complexity index is 591. The molecule has 0 bridgehead atoms. The second kappa shape index (κ2) is 6.19. The molecule has 21 heavy (non-hydrogen) atoms. The van der Waals surface area contributed by atoms with Crippen LogP contribution in [0.3, 0.4) is 0 Å². The first-order chi connectivity index (χ1) is 10.0. The predicted molar refractivity (Wildman–Crippen MR) is 84.0 cm³/mol. The molecule has 0 aliphatic heterocycles. The summed E-state index contributed by atoms with van der Waals surface area (Å²) < 4.78 is 10.6. The van der Waals surface area contributed by atoms with Crippen LogP contribution in [0.2, 0.25) is 0 Å². The Morgan fingerprint density at radius 3 is 2.19 bits per heavy atom. The second-order valence-electron chi connectivity index (χ2n) is 5.60. The molecule has 1 N–H and O–H groups in total. The molecule has 0 aromatic heterocycles. The van der Waals surface area contributed by atoms with E-state index in [-0.39, 0.29) is 0 Å². The van der Waals surface area contributed by atoms with Gasteiger partial charge in [-0.2, -0.15) is 0 Å². The van der Waals surface area contributed by atoms with Crippen LogP contribution in [0, 0.1) is 0 Å². The Balaban J connectivity index is 2.45. The van der Waals surface area contributed by atoms with Gasteiger partial charge in [0.1, 0.15) is 11.5 Å². The molecule has 0 radical (unpaired) electrons. The topological polar surface area (TPSA) is 38.7 Å². The Labute approximate surface area is 126 Å². The Morgan fingerprint density at radius 2 is 1.62 bits per heavy atom. The quantitative estimate of drug-likeness (QED) is 0.910. The molecule has 0 saturated heterocycles. The van der Waals surface area contributed by atoms with Crippen molar-refractivity contribution in [3.05, 3.63) is 59.7 Å². The van der Waals surface area contributed by atoms with Crippen LogP contribution in [0.5, 0.6) is 11.5 Å². The molecule has 2 aromatic carbocycles. The lowest BCUT2D eigenvalue weighted by molar-refractivity contribution is 0.0972. The highest BCUT2D eigenvalue weighted by Gasteiger charge is 2.33. The zero-order valence-electron chi connectivity index (χ0n) is 13.0. The summed E-state index contributed by atoms with van der Waals surface area (Å²) in [5.41, 5.74) is 1.36. The number of aliphatic hydroxyl groups is 1. The minimum absolute atomic E-state index is 0.444. The number of rotatable bonds is 5. The lowest BCUT2D eigenvalue weighted by Gasteiger charge is -2.32. The maximum Gasteiger partial charge on any atom is 0.124 e. The van der Waals surface area contributed by atoms with Gasteiger partial charge in [-0.25, -0.2) is 0 Å². The summed E-state index contributed by atoms with van der Waals surface area (Å²) in [4.78, 5) is 0. The molecular weight excluding hydrogens is 264 g/mol. The molecule has 0 spiro atoms. The Morgan fingerprint density at radius 1 is 0.952 bits per heavy atom. The average Bonchev–Trinajstić information content (AvgIpc) is 2.54. The number of hydrogen-bond donors (Lipinski definition) is 1. The summed E-state index contributed by atoms with van der Waals surface area (Å²) in [6, 6.07) is 15.4. The smallest absolute Gasteiger partial charge is 0.124 e. The molecule has 3 heteroatoms. The van der Waals surface area contributed by atoms with Gasteiger partial charge < -0.3 is 14.6 Å². The van der Waals surface area contributed by atoms with Gasteiger partial charge in [0.25, 0.3) is 0 Å². The zero-order valence-corrected chi connectivity index (χ0v) is 13.0. The maximum absolute atomic E-state index is 10.9. The van der Waals surface area contributed by atoms with Crippen LogP contribution in [-0.4, -0.2) is 19.3 Å². The van der Waals surface area contributed by atoms with Crippen LogP contribution in [-0.2, 0) is 5.41 Å². The van der Waals surface area contributed by atoms with E-state index in [9.17, 15) is 5.11 Å². The van der Waals surface area contributed by atoms with Gasteiger partial charge >= 0.3 is 0 Å². The molecule has 2 aromatic rings. The van der Waals surface area contributed by atoms with E-state index in [4.69, 9.17) is 9.47 Å². The third kappa shape index (κ3) is 3.03. The normalized spacial score (nSPS) is 12.8. The van der Waals surface area contributed by atoms with Crippen molar-refractivity contribution in [3.63, 3.8) is 0 Å². The lowest BCUT2D eigenvalue weighted by Crippen LogP contribution is -2.27. The first kappa shape index (κ1) is 15.4. The van der Waals surface area contributed by atoms with E-state index >= 15 is 0 Å². The fraction of sp³-hybridized carbons (Fsp3) is 0.333. The fourth-order valence-corrected chi connectivity index (χ4v) is 2.47. The number of hydrogen-bond acceptors (Lipinski definition) is 3. The van der Waals surface area contributed by atoms with Crippen LogP contribution in [0.15, 0.2) is 48.5 Å². The summed E-state index contributed by atoms with van der Waals surface area (Å²) in [5.74, 6) is 1.36. The van der Waals surface area contributed by atoms with Crippen molar-refractivity contribution in [1.82, 2.24) is 0 Å². The van der Waals surface area contributed by atoms with E-state index in [2.05, 4.69) is 0 Å². The minimum Gasteiger partial charge on any atom is -0.497 e. The van der Waals surface area contributed by atoms with Crippen LogP contribution in [0.4, 0.5) is 0 Å². The molecule has 0 aliphatic carbocycles. The molecule has 3 nitrogen and oxygen atoms in total. The summed E-state index contributed by atoms with van der Waals surface area (Å²) in [5, 5.41) is 10.9. The number of aliphatic hydroxyl groups excluding tert-OH is 1. The molecule has 0 heterocycles. The predicted octanol–water partition coefficient (Wildman–Crippen LogP) is 3.72. The SMILES string of the molecule is COc1ccc(OC)c(C(O)C(C)(C)c2ccccc2)c1. The van der Waals surface area contributed by atoms with Crippen molar-refractivity contribution in [1.29, 1.82) is 0 Å². The highest BCUT2D eigenvalue weighted by Crippen LogP contribution is 2.41. The Hall–Kier alpha value is -2.00. The van der Waals surface area contributed by atoms with E-state index in [0.29, 0.717) is 11.5 Å². The molecule has 0 saturated carbocycles. The van der Waals surface area contributed by atoms with E-state index in [0.717, 1.165) is 11.1 Å². The van der Waals surface area contributed by atoms with E-state index in [1.807, 2.05) is 62.4 Å². The van der Waals surface area contributed by atoms with Gasteiger partial charge in [-0.15, -0.1) is 0 Å². The first-order valence-corrected chi connectivity index (χ1v) is 6.96. The molecule has 1 atom stereocenters. The maximum atomic E-state index is 10.9. The van der Waals surface area contributed by atoms with Crippen LogP contribution in [0.25, 0.3) is 0 Å². The van der Waals surface area contributed by atoms with Crippen molar-refractivity contribution >= 4 is 0 Å². The van der Waals surface area contributed by atoms with Crippen molar-refractivity contribution in [2.45, 2.75) is 25.4 Å². The van der Waals surface area contributed by atoms with E-state index in [1.165, 1.54) is 0 Å². The molecule has 112 valence electrons. The molecule has 0 fully saturated rings. The highest BCUT2D eigenvalue weighted by atomic mass is 16.5. The molecule has 1 unspecified atom stereocenters. The second-order valence-corrected chi connectivity index (χ2v) is 5.60. The van der Waals surface area contributed by atoms with Gasteiger partial charge in [-0.3, -0.25) is 0 Å². The third-order valence-electron chi connectivity index (χ3n) is 3.93. The summed E-state index contributed by atoms with van der Waals surface area (Å²) >= 11 is 0. The molecule has 0 amide bonds. The average molecular weight is 286 g/mol. The standard InChI is InChI=1S/C18H22O3/c1-18(2,13-8-6-5-7-9-13)17(19)15-12-14(20-3)10-11-16(15)21-4/h5-12,17,19H,1-4H3. The van der Waals surface area contributed by atoms with Crippen molar-refractivity contribution in [3.8, 4) is 11.5 Å². The summed E-state index contributed by atoms with van der Waals surface area (Å²) in [7, 11) is 3.22. The van der Waals surface area contributed by atoms with Crippen LogP contribution in [0.1, 0.15) is 31.1 Å². The van der Waals surface area contributed by atoms with Gasteiger partial charge in [-0.05, 0) is 23.8 Å². The fourth-order valence-electron chi connectivity index (χ4n) is 2.47. The monoisotopic (exact) mass is 286 g/mol. The molecule has 2 rings (SSSR count). The van der Waals surface area contributed by atoms with Crippen molar-refractivity contribution in [2.24, 2.45) is 0 Å². The van der Waals surface area contributed by atoms with Crippen molar-refractivity contribution < 1.29 is 14.6 Å². The number of benzene rings is 2. The van der Waals surface area contributed by atoms with Gasteiger partial charge in [-0.1, -0.05) is 44.2 Å². The van der Waals surface area contributed by atoms with Gasteiger partial charge in [0.2, 0.25) is 0 Å². The number of methoxy groups -OCH3 is 2. The third-order valence-corrected chi connectivity index (χ3v) is 3.93. The van der Waals surface area contributed by atoms with Crippen LogP contribution < -0.4 is 9.47 Å². The molecular formula is C18H22O3. The summed E-state index contributed by atoms with van der Waals surface area (Å²) in [6.45, 7) is 4.04. The first-order valence-electron chi connectivity index (χ1n) is 6.96. The minimum atomic E-state index is -0.704. The summed E-state index contributed by atoms with van der Waals surface area (Å²) in [6.07, 6.45) is -0.704. The van der Waals surface area contributed by atoms with Gasteiger partial charge in [0.05, 0.1) is 20.3 Å².